The molecular weight excluding hydrogens is 239 g/mol. The van der Waals surface area contributed by atoms with Crippen molar-refractivity contribution < 1.29 is 23.1 Å². The highest BCUT2D eigenvalue weighted by molar-refractivity contribution is 6.00. The normalized spacial score (nSPS) is 20.2. The minimum atomic E-state index is -0.635. The molecule has 1 aromatic carbocycles. The summed E-state index contributed by atoms with van der Waals surface area (Å²) in [5.74, 6) is -0.461. The topological polar surface area (TPSA) is 48.7 Å². The fourth-order valence-corrected chi connectivity index (χ4v) is 1.93. The minimum absolute atomic E-state index is 0.172. The number of benzene rings is 1. The number of carbonyl (C=O) groups is 1. The number of hydrogen-bond donors (Lipinski definition) is 0. The summed E-state index contributed by atoms with van der Waals surface area (Å²) in [6.07, 6.45) is -0.635. The lowest BCUT2D eigenvalue weighted by atomic mass is 10.1. The van der Waals surface area contributed by atoms with E-state index >= 15 is 0 Å². The number of rotatable bonds is 2. The quantitative estimate of drug-likeness (QED) is 0.766. The Hall–Kier alpha value is -1.72. The summed E-state index contributed by atoms with van der Waals surface area (Å²) in [6.45, 7) is 1.12. The molecule has 5 heteroatoms. The molecule has 0 amide bonds. The summed E-state index contributed by atoms with van der Waals surface area (Å²) in [5.41, 5.74) is 0.483. The molecule has 0 radical (unpaired) electrons. The maximum Gasteiger partial charge on any atom is 0.229 e. The highest BCUT2D eigenvalue weighted by Gasteiger charge is 2.26. The molecule has 2 heterocycles. The molecule has 4 nitrogen and oxygen atoms in total. The first-order valence-corrected chi connectivity index (χ1v) is 5.67. The number of carbonyl (C=O) groups excluding carboxylic acids is 1. The van der Waals surface area contributed by atoms with Crippen molar-refractivity contribution in [2.24, 2.45) is 0 Å². The van der Waals surface area contributed by atoms with Gasteiger partial charge in [0, 0.05) is 5.39 Å². The minimum Gasteiger partial charge on any atom is -0.453 e. The van der Waals surface area contributed by atoms with Crippen molar-refractivity contribution in [1.29, 1.82) is 0 Å². The van der Waals surface area contributed by atoms with Crippen molar-refractivity contribution in [3.63, 3.8) is 0 Å². The van der Waals surface area contributed by atoms with Gasteiger partial charge in [0.2, 0.25) is 5.78 Å². The van der Waals surface area contributed by atoms with Crippen LogP contribution in [0.5, 0.6) is 0 Å². The lowest BCUT2D eigenvalue weighted by Crippen LogP contribution is -2.35. The predicted molar refractivity (Wildman–Crippen MR) is 61.1 cm³/mol. The Morgan fingerprint density at radius 3 is 2.94 bits per heavy atom. The Balaban J connectivity index is 1.91. The van der Waals surface area contributed by atoms with Gasteiger partial charge in [-0.1, -0.05) is 0 Å². The number of hydrogen-bond acceptors (Lipinski definition) is 4. The Morgan fingerprint density at radius 2 is 2.17 bits per heavy atom. The average molecular weight is 250 g/mol. The Bertz CT molecular complexity index is 584. The first-order valence-electron chi connectivity index (χ1n) is 5.67. The highest BCUT2D eigenvalue weighted by atomic mass is 19.1. The zero-order valence-corrected chi connectivity index (χ0v) is 9.52. The molecule has 0 N–H and O–H groups in total. The van der Waals surface area contributed by atoms with Crippen LogP contribution in [0.2, 0.25) is 0 Å². The van der Waals surface area contributed by atoms with Crippen LogP contribution in [0.25, 0.3) is 11.0 Å². The van der Waals surface area contributed by atoms with Gasteiger partial charge in [0.05, 0.1) is 19.8 Å². The van der Waals surface area contributed by atoms with Gasteiger partial charge in [-0.15, -0.1) is 0 Å². The van der Waals surface area contributed by atoms with E-state index in [1.54, 1.807) is 0 Å². The molecular formula is C13H11FO4. The van der Waals surface area contributed by atoms with Crippen LogP contribution in [0.15, 0.2) is 28.7 Å². The van der Waals surface area contributed by atoms with Gasteiger partial charge < -0.3 is 13.9 Å². The van der Waals surface area contributed by atoms with Crippen LogP contribution >= 0.6 is 0 Å². The van der Waals surface area contributed by atoms with Crippen LogP contribution in [0.4, 0.5) is 4.39 Å². The Kier molecular flexibility index (Phi) is 2.85. The van der Waals surface area contributed by atoms with Gasteiger partial charge in [0.25, 0.3) is 0 Å². The molecule has 0 saturated carbocycles. The van der Waals surface area contributed by atoms with E-state index in [0.29, 0.717) is 24.2 Å². The average Bonchev–Trinajstić information content (AvgIpc) is 2.81. The van der Waals surface area contributed by atoms with Crippen molar-refractivity contribution in [3.8, 4) is 0 Å². The third kappa shape index (κ3) is 2.02. The summed E-state index contributed by atoms with van der Waals surface area (Å²) >= 11 is 0. The third-order valence-corrected chi connectivity index (χ3v) is 2.83. The number of ketones is 1. The van der Waals surface area contributed by atoms with E-state index in [2.05, 4.69) is 0 Å². The van der Waals surface area contributed by atoms with Crippen molar-refractivity contribution in [3.05, 3.63) is 35.8 Å². The van der Waals surface area contributed by atoms with Crippen LogP contribution in [0, 0.1) is 5.82 Å². The van der Waals surface area contributed by atoms with Gasteiger partial charge in [-0.2, -0.15) is 0 Å². The van der Waals surface area contributed by atoms with Gasteiger partial charge in [0.1, 0.15) is 17.5 Å². The largest absolute Gasteiger partial charge is 0.453 e. The maximum atomic E-state index is 13.0. The van der Waals surface area contributed by atoms with E-state index in [4.69, 9.17) is 13.9 Å². The number of fused-ring (bicyclic) bond motifs is 1. The third-order valence-electron chi connectivity index (χ3n) is 2.83. The van der Waals surface area contributed by atoms with Crippen LogP contribution in [-0.2, 0) is 9.47 Å². The summed E-state index contributed by atoms with van der Waals surface area (Å²) < 4.78 is 28.9. The second kappa shape index (κ2) is 4.51. The molecule has 0 bridgehead atoms. The SMILES string of the molecule is O=C(c1cc2cc(F)ccc2o1)C1COCCO1. The van der Waals surface area contributed by atoms with Crippen molar-refractivity contribution in [1.82, 2.24) is 0 Å². The lowest BCUT2D eigenvalue weighted by molar-refractivity contribution is -0.0725. The molecule has 0 aliphatic carbocycles. The predicted octanol–water partition coefficient (Wildman–Crippen LogP) is 2.17. The van der Waals surface area contributed by atoms with Crippen molar-refractivity contribution in [2.45, 2.75) is 6.10 Å². The standard InChI is InChI=1S/C13H11FO4/c14-9-1-2-10-8(5-9)6-11(18-10)13(15)12-7-16-3-4-17-12/h1-2,5-6,12H,3-4,7H2. The van der Waals surface area contributed by atoms with Crippen LogP contribution < -0.4 is 0 Å². The molecule has 1 unspecified atom stereocenters. The van der Waals surface area contributed by atoms with Crippen LogP contribution in [0.3, 0.4) is 0 Å². The van der Waals surface area contributed by atoms with Crippen LogP contribution in [0.1, 0.15) is 10.6 Å². The van der Waals surface area contributed by atoms with E-state index in [0.717, 1.165) is 0 Å². The van der Waals surface area contributed by atoms with Gasteiger partial charge >= 0.3 is 0 Å². The fraction of sp³-hybridized carbons (Fsp3) is 0.308. The van der Waals surface area contributed by atoms with Gasteiger partial charge in [-0.3, -0.25) is 4.79 Å². The molecule has 1 aliphatic heterocycles. The molecule has 1 aliphatic rings. The van der Waals surface area contributed by atoms with Crippen molar-refractivity contribution in [2.75, 3.05) is 19.8 Å². The molecule has 94 valence electrons. The number of Topliss-reactive ketones (excluding diaryl/α,β-unsaturated/α-hetero) is 1. The van der Waals surface area contributed by atoms with E-state index in [9.17, 15) is 9.18 Å². The second-order valence-electron chi connectivity index (χ2n) is 4.09. The molecule has 2 aromatic rings. The number of furan rings is 1. The molecule has 1 aromatic heterocycles. The molecule has 3 rings (SSSR count). The summed E-state index contributed by atoms with van der Waals surface area (Å²) in [7, 11) is 0. The smallest absolute Gasteiger partial charge is 0.229 e. The molecule has 0 spiro atoms. The lowest BCUT2D eigenvalue weighted by Gasteiger charge is -2.20. The maximum absolute atomic E-state index is 13.0. The summed E-state index contributed by atoms with van der Waals surface area (Å²) in [4.78, 5) is 12.1. The molecule has 18 heavy (non-hydrogen) atoms. The van der Waals surface area contributed by atoms with Gasteiger partial charge in [0.15, 0.2) is 5.76 Å². The Morgan fingerprint density at radius 1 is 1.28 bits per heavy atom. The van der Waals surface area contributed by atoms with Gasteiger partial charge in [-0.25, -0.2) is 4.39 Å². The molecule has 1 fully saturated rings. The summed E-state index contributed by atoms with van der Waals surface area (Å²) in [6, 6.07) is 5.65. The van der Waals surface area contributed by atoms with E-state index in [1.165, 1.54) is 24.3 Å². The first-order chi connectivity index (χ1) is 8.74. The first kappa shape index (κ1) is 11.4. The number of ether oxygens (including phenoxy) is 2. The second-order valence-corrected chi connectivity index (χ2v) is 4.09. The monoisotopic (exact) mass is 250 g/mol. The molecule has 1 atom stereocenters. The zero-order valence-electron chi connectivity index (χ0n) is 9.52. The van der Waals surface area contributed by atoms with E-state index in [1.807, 2.05) is 0 Å². The summed E-state index contributed by atoms with van der Waals surface area (Å²) in [5, 5.41) is 0.565. The van der Waals surface area contributed by atoms with Crippen LogP contribution in [-0.4, -0.2) is 31.7 Å². The van der Waals surface area contributed by atoms with Gasteiger partial charge in [-0.05, 0) is 24.3 Å². The fourth-order valence-electron chi connectivity index (χ4n) is 1.93. The zero-order chi connectivity index (χ0) is 12.5. The van der Waals surface area contributed by atoms with E-state index in [-0.39, 0.29) is 24.0 Å². The van der Waals surface area contributed by atoms with Crippen molar-refractivity contribution >= 4 is 16.8 Å². The highest BCUT2D eigenvalue weighted by Crippen LogP contribution is 2.22. The number of halogens is 1. The van der Waals surface area contributed by atoms with E-state index < -0.39 is 6.10 Å². The Labute approximate surface area is 102 Å². The molecule has 1 saturated heterocycles.